The van der Waals surface area contributed by atoms with Crippen molar-refractivity contribution in [3.8, 4) is 0 Å². The van der Waals surface area contributed by atoms with E-state index in [9.17, 15) is 9.59 Å². The number of rotatable bonds is 2. The summed E-state index contributed by atoms with van der Waals surface area (Å²) < 4.78 is 5.13. The molecule has 5 nitrogen and oxygen atoms in total. The van der Waals surface area contributed by atoms with Crippen LogP contribution in [0.25, 0.3) is 0 Å². The van der Waals surface area contributed by atoms with Gasteiger partial charge in [-0.1, -0.05) is 20.8 Å². The van der Waals surface area contributed by atoms with E-state index < -0.39 is 18.1 Å². The lowest BCUT2D eigenvalue weighted by molar-refractivity contribution is -0.151. The highest BCUT2D eigenvalue weighted by molar-refractivity contribution is 5.81. The minimum absolute atomic E-state index is 0.0949. The second-order valence-corrected chi connectivity index (χ2v) is 5.30. The van der Waals surface area contributed by atoms with Crippen LogP contribution in [0.15, 0.2) is 0 Å². The van der Waals surface area contributed by atoms with Gasteiger partial charge < -0.3 is 9.84 Å². The highest BCUT2D eigenvalue weighted by Crippen LogP contribution is 2.20. The second kappa shape index (κ2) is 4.72. The maximum Gasteiger partial charge on any atom is 0.408 e. The van der Waals surface area contributed by atoms with Crippen molar-refractivity contribution >= 4 is 12.1 Å². The van der Waals surface area contributed by atoms with Crippen molar-refractivity contribution in [2.45, 2.75) is 39.7 Å². The Morgan fingerprint density at radius 3 is 2.56 bits per heavy atom. The lowest BCUT2D eigenvalue weighted by atomic mass is 9.99. The topological polar surface area (TPSA) is 66.8 Å². The van der Waals surface area contributed by atoms with Crippen LogP contribution in [0.1, 0.15) is 33.6 Å². The van der Waals surface area contributed by atoms with E-state index in [0.29, 0.717) is 19.6 Å². The van der Waals surface area contributed by atoms with Crippen molar-refractivity contribution in [2.75, 3.05) is 13.2 Å². The predicted molar refractivity (Wildman–Crippen MR) is 58.2 cm³/mol. The molecule has 1 fully saturated rings. The first-order valence-corrected chi connectivity index (χ1v) is 5.47. The molecule has 1 heterocycles. The molecule has 1 N–H and O–H groups in total. The summed E-state index contributed by atoms with van der Waals surface area (Å²) in [5, 5.41) is 8.88. The van der Waals surface area contributed by atoms with Gasteiger partial charge in [0.2, 0.25) is 0 Å². The third-order valence-electron chi connectivity index (χ3n) is 2.42. The Bertz CT molecular complexity index is 282. The Labute approximate surface area is 95.4 Å². The molecule has 1 unspecified atom stereocenters. The molecule has 92 valence electrons. The number of carbonyl (C=O) groups is 2. The van der Waals surface area contributed by atoms with E-state index in [0.717, 1.165) is 11.3 Å². The van der Waals surface area contributed by atoms with E-state index in [1.807, 2.05) is 20.8 Å². The van der Waals surface area contributed by atoms with E-state index in [1.54, 1.807) is 0 Å². The third-order valence-corrected chi connectivity index (χ3v) is 2.42. The van der Waals surface area contributed by atoms with E-state index in [2.05, 4.69) is 0 Å². The SMILES string of the molecule is CC(C)(C)COC(=O)C1CCCN1C(=O)O. The van der Waals surface area contributed by atoms with Gasteiger partial charge in [-0.2, -0.15) is 0 Å². The van der Waals surface area contributed by atoms with Crippen molar-refractivity contribution in [1.82, 2.24) is 4.90 Å². The van der Waals surface area contributed by atoms with Crippen LogP contribution in [0.4, 0.5) is 4.79 Å². The molecule has 0 aromatic carbocycles. The fourth-order valence-corrected chi connectivity index (χ4v) is 1.62. The minimum atomic E-state index is -1.05. The number of carbonyl (C=O) groups excluding carboxylic acids is 1. The average molecular weight is 229 g/mol. The summed E-state index contributed by atoms with van der Waals surface area (Å²) in [6, 6.07) is -0.611. The standard InChI is InChI=1S/C11H19NO4/c1-11(2,3)7-16-9(13)8-5-4-6-12(8)10(14)15/h8H,4-7H2,1-3H3,(H,14,15). The fraction of sp³-hybridized carbons (Fsp3) is 0.818. The Morgan fingerprint density at radius 2 is 2.06 bits per heavy atom. The number of hydrogen-bond donors (Lipinski definition) is 1. The summed E-state index contributed by atoms with van der Waals surface area (Å²) in [7, 11) is 0. The van der Waals surface area contributed by atoms with Gasteiger partial charge in [0.15, 0.2) is 0 Å². The smallest absolute Gasteiger partial charge is 0.408 e. The number of ether oxygens (including phenoxy) is 1. The Balaban J connectivity index is 2.50. The van der Waals surface area contributed by atoms with Gasteiger partial charge in [0.25, 0.3) is 0 Å². The number of hydrogen-bond acceptors (Lipinski definition) is 3. The molecule has 0 aliphatic carbocycles. The molecule has 16 heavy (non-hydrogen) atoms. The molecule has 1 rings (SSSR count). The summed E-state index contributed by atoms with van der Waals surface area (Å²) in [6.07, 6.45) is 0.242. The maximum atomic E-state index is 11.7. The molecule has 1 saturated heterocycles. The van der Waals surface area contributed by atoms with E-state index in [-0.39, 0.29) is 5.41 Å². The van der Waals surface area contributed by atoms with Gasteiger partial charge in [0.1, 0.15) is 6.04 Å². The maximum absolute atomic E-state index is 11.7. The van der Waals surface area contributed by atoms with Crippen molar-refractivity contribution in [2.24, 2.45) is 5.41 Å². The first-order valence-electron chi connectivity index (χ1n) is 5.47. The normalized spacial score (nSPS) is 20.9. The average Bonchev–Trinajstić information content (AvgIpc) is 2.61. The van der Waals surface area contributed by atoms with Crippen LogP contribution in [0.5, 0.6) is 0 Å². The van der Waals surface area contributed by atoms with Gasteiger partial charge in [-0.25, -0.2) is 9.59 Å². The first kappa shape index (κ1) is 12.8. The summed E-state index contributed by atoms with van der Waals surface area (Å²) >= 11 is 0. The van der Waals surface area contributed by atoms with Gasteiger partial charge in [-0.15, -0.1) is 0 Å². The van der Waals surface area contributed by atoms with E-state index >= 15 is 0 Å². The van der Waals surface area contributed by atoms with Crippen molar-refractivity contribution < 1.29 is 19.4 Å². The molecule has 0 aromatic heterocycles. The quantitative estimate of drug-likeness (QED) is 0.732. The fourth-order valence-electron chi connectivity index (χ4n) is 1.62. The zero-order valence-corrected chi connectivity index (χ0v) is 10.0. The van der Waals surface area contributed by atoms with Gasteiger partial charge in [0, 0.05) is 6.54 Å². The molecule has 1 aliphatic heterocycles. The first-order chi connectivity index (χ1) is 7.31. The van der Waals surface area contributed by atoms with Crippen LogP contribution in [-0.4, -0.2) is 41.3 Å². The molecule has 0 aromatic rings. The molecule has 1 amide bonds. The lowest BCUT2D eigenvalue weighted by Gasteiger charge is -2.23. The van der Waals surface area contributed by atoms with Crippen molar-refractivity contribution in [3.63, 3.8) is 0 Å². The van der Waals surface area contributed by atoms with Crippen molar-refractivity contribution in [3.05, 3.63) is 0 Å². The highest BCUT2D eigenvalue weighted by atomic mass is 16.5. The molecule has 0 saturated carbocycles. The highest BCUT2D eigenvalue weighted by Gasteiger charge is 2.35. The summed E-state index contributed by atoms with van der Waals surface area (Å²) in [5.41, 5.74) is -0.0949. The second-order valence-electron chi connectivity index (χ2n) is 5.30. The number of esters is 1. The molecule has 0 spiro atoms. The zero-order chi connectivity index (χ0) is 12.3. The van der Waals surface area contributed by atoms with E-state index in [4.69, 9.17) is 9.84 Å². The molecular weight excluding hydrogens is 210 g/mol. The summed E-state index contributed by atoms with van der Waals surface area (Å²) in [4.78, 5) is 23.7. The number of likely N-dealkylation sites (tertiary alicyclic amines) is 1. The Kier molecular flexibility index (Phi) is 3.78. The third kappa shape index (κ3) is 3.40. The van der Waals surface area contributed by atoms with Crippen LogP contribution < -0.4 is 0 Å². The molecule has 5 heteroatoms. The summed E-state index contributed by atoms with van der Waals surface area (Å²) in [6.45, 7) is 6.62. The molecule has 1 aliphatic rings. The van der Waals surface area contributed by atoms with Gasteiger partial charge in [-0.05, 0) is 18.3 Å². The van der Waals surface area contributed by atoms with Crippen LogP contribution >= 0.6 is 0 Å². The zero-order valence-electron chi connectivity index (χ0n) is 10.0. The van der Waals surface area contributed by atoms with Crippen molar-refractivity contribution in [1.29, 1.82) is 0 Å². The number of amides is 1. The van der Waals surface area contributed by atoms with Gasteiger partial charge >= 0.3 is 12.1 Å². The number of nitrogens with zero attached hydrogens (tertiary/aromatic N) is 1. The van der Waals surface area contributed by atoms with E-state index in [1.165, 1.54) is 0 Å². The molecular formula is C11H19NO4. The molecule has 0 bridgehead atoms. The lowest BCUT2D eigenvalue weighted by Crippen LogP contribution is -2.41. The van der Waals surface area contributed by atoms with Crippen LogP contribution in [0, 0.1) is 5.41 Å². The predicted octanol–water partition coefficient (Wildman–Crippen LogP) is 1.72. The Hall–Kier alpha value is -1.26. The Morgan fingerprint density at radius 1 is 1.44 bits per heavy atom. The molecule has 1 atom stereocenters. The minimum Gasteiger partial charge on any atom is -0.465 e. The largest absolute Gasteiger partial charge is 0.465 e. The van der Waals surface area contributed by atoms with Crippen LogP contribution in [0.3, 0.4) is 0 Å². The van der Waals surface area contributed by atoms with Gasteiger partial charge in [0.05, 0.1) is 6.61 Å². The van der Waals surface area contributed by atoms with Crippen LogP contribution in [-0.2, 0) is 9.53 Å². The summed E-state index contributed by atoms with van der Waals surface area (Å²) in [5.74, 6) is -0.421. The van der Waals surface area contributed by atoms with Crippen LogP contribution in [0.2, 0.25) is 0 Å². The number of carboxylic acid groups (broad SMARTS) is 1. The molecule has 0 radical (unpaired) electrons. The monoisotopic (exact) mass is 229 g/mol. The van der Waals surface area contributed by atoms with Gasteiger partial charge in [-0.3, -0.25) is 4.90 Å².